The van der Waals surface area contributed by atoms with Crippen LogP contribution in [0.5, 0.6) is 0 Å². The first-order chi connectivity index (χ1) is 6.66. The maximum atomic E-state index is 11.4. The first kappa shape index (κ1) is 9.61. The van der Waals surface area contributed by atoms with Crippen LogP contribution in [0.2, 0.25) is 0 Å². The number of nitrogens with zero attached hydrogens (tertiary/aromatic N) is 1. The van der Waals surface area contributed by atoms with Crippen molar-refractivity contribution in [2.45, 2.75) is 31.3 Å². The van der Waals surface area contributed by atoms with Crippen molar-refractivity contribution in [1.82, 2.24) is 10.2 Å². The Labute approximate surface area is 82.6 Å². The molecule has 14 heavy (non-hydrogen) atoms. The Kier molecular flexibility index (Phi) is 2.52. The van der Waals surface area contributed by atoms with E-state index in [1.165, 1.54) is 0 Å². The topological polar surface area (TPSA) is 75.4 Å². The maximum Gasteiger partial charge on any atom is 0.244 e. The van der Waals surface area contributed by atoms with Gasteiger partial charge in [-0.15, -0.1) is 0 Å². The van der Waals surface area contributed by atoms with E-state index in [1.807, 2.05) is 0 Å². The van der Waals surface area contributed by atoms with E-state index in [-0.39, 0.29) is 23.9 Å². The Morgan fingerprint density at radius 3 is 2.43 bits per heavy atom. The molecule has 0 unspecified atom stereocenters. The molecule has 1 atom stereocenters. The Hall–Kier alpha value is -0.940. The fourth-order valence-corrected chi connectivity index (χ4v) is 2.07. The molecular formula is C9H15N3O2. The zero-order valence-corrected chi connectivity index (χ0v) is 8.03. The molecule has 0 radical (unpaired) electrons. The van der Waals surface area contributed by atoms with Gasteiger partial charge in [0.05, 0.1) is 12.5 Å². The molecular weight excluding hydrogens is 182 g/mol. The van der Waals surface area contributed by atoms with Crippen molar-refractivity contribution in [3.05, 3.63) is 0 Å². The predicted molar refractivity (Wildman–Crippen MR) is 50.3 cm³/mol. The third-order valence-electron chi connectivity index (χ3n) is 2.96. The van der Waals surface area contributed by atoms with Gasteiger partial charge in [-0.1, -0.05) is 0 Å². The number of carbonyl (C=O) groups is 2. The van der Waals surface area contributed by atoms with Crippen LogP contribution in [-0.2, 0) is 9.59 Å². The minimum atomic E-state index is -0.241. The second kappa shape index (κ2) is 3.67. The van der Waals surface area contributed by atoms with Crippen molar-refractivity contribution in [3.8, 4) is 0 Å². The maximum absolute atomic E-state index is 11.4. The van der Waals surface area contributed by atoms with E-state index in [4.69, 9.17) is 5.73 Å². The summed E-state index contributed by atoms with van der Waals surface area (Å²) in [6.07, 6.45) is 2.14. The van der Waals surface area contributed by atoms with Crippen LogP contribution in [0.1, 0.15) is 19.3 Å². The fraction of sp³-hybridized carbons (Fsp3) is 0.778. The lowest BCUT2D eigenvalue weighted by molar-refractivity contribution is -0.126. The Morgan fingerprint density at radius 2 is 1.93 bits per heavy atom. The van der Waals surface area contributed by atoms with Gasteiger partial charge in [-0.2, -0.15) is 0 Å². The molecule has 2 amide bonds. The van der Waals surface area contributed by atoms with Gasteiger partial charge in [-0.05, 0) is 12.8 Å². The summed E-state index contributed by atoms with van der Waals surface area (Å²) < 4.78 is 0. The van der Waals surface area contributed by atoms with Gasteiger partial charge in [-0.25, -0.2) is 0 Å². The number of piperidine rings is 1. The average molecular weight is 197 g/mol. The summed E-state index contributed by atoms with van der Waals surface area (Å²) in [6.45, 7) is 1.65. The van der Waals surface area contributed by atoms with E-state index < -0.39 is 0 Å². The first-order valence-electron chi connectivity index (χ1n) is 5.00. The van der Waals surface area contributed by atoms with Crippen LogP contribution in [0.15, 0.2) is 0 Å². The normalized spacial score (nSPS) is 30.8. The highest BCUT2D eigenvalue weighted by Crippen LogP contribution is 2.16. The first-order valence-corrected chi connectivity index (χ1v) is 5.00. The summed E-state index contributed by atoms with van der Waals surface area (Å²) >= 11 is 0. The molecule has 3 N–H and O–H groups in total. The number of carbonyl (C=O) groups excluding carboxylic acids is 2. The number of hydrogen-bond acceptors (Lipinski definition) is 4. The minimum absolute atomic E-state index is 0.148. The number of hydrogen-bond donors (Lipinski definition) is 2. The number of amides is 2. The molecule has 78 valence electrons. The summed E-state index contributed by atoms with van der Waals surface area (Å²) in [7, 11) is 0. The van der Waals surface area contributed by atoms with Crippen LogP contribution >= 0.6 is 0 Å². The lowest BCUT2D eigenvalue weighted by Gasteiger charge is -2.32. The molecule has 0 aliphatic carbocycles. The standard InChI is InChI=1S/C9H15N3O2/c10-6-1-3-12(4-2-6)7-5-8(13)11-9(7)14/h6-7H,1-5,10H2,(H,11,13,14)/t7-/m1/s1. The SMILES string of the molecule is NC1CCN([C@@H]2CC(=O)NC2=O)CC1. The fourth-order valence-electron chi connectivity index (χ4n) is 2.07. The third kappa shape index (κ3) is 1.78. The molecule has 0 spiro atoms. The monoisotopic (exact) mass is 197 g/mol. The minimum Gasteiger partial charge on any atom is -0.328 e. The highest BCUT2D eigenvalue weighted by Gasteiger charge is 2.36. The number of nitrogens with two attached hydrogens (primary N) is 1. The highest BCUT2D eigenvalue weighted by atomic mass is 16.2. The van der Waals surface area contributed by atoms with E-state index in [9.17, 15) is 9.59 Å². The summed E-state index contributed by atoms with van der Waals surface area (Å²) in [5.74, 6) is -0.305. The van der Waals surface area contributed by atoms with Gasteiger partial charge < -0.3 is 5.73 Å². The smallest absolute Gasteiger partial charge is 0.244 e. The van der Waals surface area contributed by atoms with Crippen LogP contribution < -0.4 is 11.1 Å². The molecule has 2 saturated heterocycles. The molecule has 0 aromatic carbocycles. The number of imide groups is 1. The quantitative estimate of drug-likeness (QED) is 0.519. The van der Waals surface area contributed by atoms with E-state index >= 15 is 0 Å². The number of likely N-dealkylation sites (tertiary alicyclic amines) is 1. The van der Waals surface area contributed by atoms with E-state index in [0.29, 0.717) is 6.42 Å². The molecule has 2 fully saturated rings. The summed E-state index contributed by atoms with van der Waals surface area (Å²) in [5.41, 5.74) is 5.76. The van der Waals surface area contributed by atoms with Crippen LogP contribution in [0, 0.1) is 0 Å². The lowest BCUT2D eigenvalue weighted by atomic mass is 10.0. The highest BCUT2D eigenvalue weighted by molar-refractivity contribution is 6.05. The molecule has 0 aromatic heterocycles. The zero-order chi connectivity index (χ0) is 10.1. The predicted octanol–water partition coefficient (Wildman–Crippen LogP) is -1.18. The second-order valence-corrected chi connectivity index (χ2v) is 4.01. The Bertz CT molecular complexity index is 259. The molecule has 2 aliphatic rings. The van der Waals surface area contributed by atoms with Gasteiger partial charge >= 0.3 is 0 Å². The largest absolute Gasteiger partial charge is 0.328 e. The molecule has 2 aliphatic heterocycles. The van der Waals surface area contributed by atoms with Gasteiger partial charge in [0.2, 0.25) is 11.8 Å². The summed E-state index contributed by atoms with van der Waals surface area (Å²) in [6, 6.07) is 0.0152. The van der Waals surface area contributed by atoms with E-state index in [1.54, 1.807) is 0 Å². The molecule has 5 nitrogen and oxygen atoms in total. The number of nitrogens with one attached hydrogen (secondary N) is 1. The van der Waals surface area contributed by atoms with Gasteiger partial charge in [0.25, 0.3) is 0 Å². The van der Waals surface area contributed by atoms with Crippen molar-refractivity contribution >= 4 is 11.8 Å². The van der Waals surface area contributed by atoms with Crippen molar-refractivity contribution in [2.75, 3.05) is 13.1 Å². The summed E-state index contributed by atoms with van der Waals surface area (Å²) in [5, 5.41) is 2.32. The van der Waals surface area contributed by atoms with E-state index in [0.717, 1.165) is 25.9 Å². The summed E-state index contributed by atoms with van der Waals surface area (Å²) in [4.78, 5) is 24.4. The van der Waals surface area contributed by atoms with Crippen LogP contribution in [0.3, 0.4) is 0 Å². The van der Waals surface area contributed by atoms with Gasteiger partial charge in [0, 0.05) is 19.1 Å². The van der Waals surface area contributed by atoms with Crippen LogP contribution in [0.4, 0.5) is 0 Å². The molecule has 2 heterocycles. The molecule has 5 heteroatoms. The van der Waals surface area contributed by atoms with Crippen molar-refractivity contribution in [1.29, 1.82) is 0 Å². The van der Waals surface area contributed by atoms with Gasteiger partial charge in [0.15, 0.2) is 0 Å². The number of rotatable bonds is 1. The van der Waals surface area contributed by atoms with Crippen molar-refractivity contribution in [3.63, 3.8) is 0 Å². The zero-order valence-electron chi connectivity index (χ0n) is 8.03. The lowest BCUT2D eigenvalue weighted by Crippen LogP contribution is -2.47. The molecule has 0 aromatic rings. The molecule has 2 rings (SSSR count). The molecule has 0 saturated carbocycles. The van der Waals surface area contributed by atoms with E-state index in [2.05, 4.69) is 10.2 Å². The van der Waals surface area contributed by atoms with Crippen LogP contribution in [0.25, 0.3) is 0 Å². The molecule has 0 bridgehead atoms. The third-order valence-corrected chi connectivity index (χ3v) is 2.96. The Balaban J connectivity index is 1.95. The van der Waals surface area contributed by atoms with Gasteiger partial charge in [-0.3, -0.25) is 19.8 Å². The van der Waals surface area contributed by atoms with Crippen molar-refractivity contribution < 1.29 is 9.59 Å². The van der Waals surface area contributed by atoms with Gasteiger partial charge in [0.1, 0.15) is 0 Å². The van der Waals surface area contributed by atoms with Crippen molar-refractivity contribution in [2.24, 2.45) is 5.73 Å². The van der Waals surface area contributed by atoms with Crippen LogP contribution in [-0.4, -0.2) is 41.9 Å². The Morgan fingerprint density at radius 1 is 1.29 bits per heavy atom. The average Bonchev–Trinajstić information content (AvgIpc) is 2.47. The second-order valence-electron chi connectivity index (χ2n) is 4.01.